The second kappa shape index (κ2) is 8.99. The maximum atomic E-state index is 12.5. The van der Waals surface area contributed by atoms with Gasteiger partial charge < -0.3 is 26.6 Å². The van der Waals surface area contributed by atoms with Crippen molar-refractivity contribution in [2.45, 2.75) is 32.0 Å². The number of carbonyl (C=O) groups is 3. The Bertz CT molecular complexity index is 576. The van der Waals surface area contributed by atoms with Crippen LogP contribution in [0, 0.1) is 5.92 Å². The number of amides is 2. The molecule has 1 rings (SSSR count). The summed E-state index contributed by atoms with van der Waals surface area (Å²) in [5, 5.41) is 23.5. The topological polar surface area (TPSA) is 142 Å². The number of carboxylic acids is 1. The predicted molar refractivity (Wildman–Crippen MR) is 86.8 cm³/mol. The fraction of sp³-hybridized carbons (Fsp3) is 0.438. The standard InChI is InChI=1S/C16H23N3O5/c1-9(2)12(16(23)24)18-15(22)13(10-6-4-3-5-7-10)19-14(21)11(20)8-17/h3-7,9,11-13,20H,8,17H2,1-2H3,(H,18,22)(H,19,21)(H,23,24)/t11-,12-,13-/m0/s1. The number of nitrogens with two attached hydrogens (primary N) is 1. The quantitative estimate of drug-likeness (QED) is 0.428. The molecule has 24 heavy (non-hydrogen) atoms. The molecule has 2 amide bonds. The van der Waals surface area contributed by atoms with Crippen molar-refractivity contribution in [3.05, 3.63) is 35.9 Å². The minimum atomic E-state index is -1.45. The van der Waals surface area contributed by atoms with Crippen molar-refractivity contribution >= 4 is 17.8 Å². The molecule has 0 saturated heterocycles. The third kappa shape index (κ3) is 5.32. The summed E-state index contributed by atoms with van der Waals surface area (Å²) in [6.45, 7) is 3.03. The van der Waals surface area contributed by atoms with E-state index in [2.05, 4.69) is 10.6 Å². The molecule has 0 aromatic heterocycles. The van der Waals surface area contributed by atoms with E-state index >= 15 is 0 Å². The maximum Gasteiger partial charge on any atom is 0.326 e. The molecule has 0 aliphatic carbocycles. The van der Waals surface area contributed by atoms with Crippen LogP contribution in [0.5, 0.6) is 0 Å². The van der Waals surface area contributed by atoms with E-state index < -0.39 is 36.0 Å². The van der Waals surface area contributed by atoms with Gasteiger partial charge in [0.15, 0.2) is 0 Å². The van der Waals surface area contributed by atoms with Crippen LogP contribution in [0.1, 0.15) is 25.5 Å². The molecule has 0 unspecified atom stereocenters. The summed E-state index contributed by atoms with van der Waals surface area (Å²) < 4.78 is 0. The average Bonchev–Trinajstić information content (AvgIpc) is 2.56. The second-order valence-electron chi connectivity index (χ2n) is 5.67. The Hall–Kier alpha value is -2.45. The molecule has 0 spiro atoms. The Morgan fingerprint density at radius 1 is 1.08 bits per heavy atom. The number of carbonyl (C=O) groups excluding carboxylic acids is 2. The zero-order valence-corrected chi connectivity index (χ0v) is 13.6. The van der Waals surface area contributed by atoms with Gasteiger partial charge in [0.2, 0.25) is 5.91 Å². The van der Waals surface area contributed by atoms with Gasteiger partial charge in [-0.3, -0.25) is 9.59 Å². The number of hydrogen-bond donors (Lipinski definition) is 5. The molecule has 0 radical (unpaired) electrons. The van der Waals surface area contributed by atoms with Crippen molar-refractivity contribution in [3.8, 4) is 0 Å². The lowest BCUT2D eigenvalue weighted by Crippen LogP contribution is -2.51. The van der Waals surface area contributed by atoms with Crippen LogP contribution in [-0.4, -0.2) is 46.7 Å². The number of rotatable bonds is 8. The van der Waals surface area contributed by atoms with Crippen molar-refractivity contribution < 1.29 is 24.6 Å². The lowest BCUT2D eigenvalue weighted by Gasteiger charge is -2.24. The zero-order chi connectivity index (χ0) is 18.3. The third-order valence-corrected chi connectivity index (χ3v) is 3.44. The molecular weight excluding hydrogens is 314 g/mol. The van der Waals surface area contributed by atoms with E-state index in [4.69, 9.17) is 5.73 Å². The zero-order valence-electron chi connectivity index (χ0n) is 13.6. The first-order valence-electron chi connectivity index (χ1n) is 7.54. The predicted octanol–water partition coefficient (Wildman–Crippen LogP) is -0.611. The molecule has 0 bridgehead atoms. The van der Waals surface area contributed by atoms with Gasteiger partial charge in [-0.15, -0.1) is 0 Å². The Morgan fingerprint density at radius 2 is 1.67 bits per heavy atom. The SMILES string of the molecule is CC(C)[C@H](NC(=O)[C@@H](NC(=O)[C@@H](O)CN)c1ccccc1)C(=O)O. The Morgan fingerprint density at radius 3 is 2.12 bits per heavy atom. The molecule has 1 aromatic carbocycles. The summed E-state index contributed by atoms with van der Waals surface area (Å²) in [4.78, 5) is 35.6. The van der Waals surface area contributed by atoms with E-state index in [0.717, 1.165) is 0 Å². The van der Waals surface area contributed by atoms with Gasteiger partial charge in [0.25, 0.3) is 5.91 Å². The molecule has 0 heterocycles. The maximum absolute atomic E-state index is 12.5. The summed E-state index contributed by atoms with van der Waals surface area (Å²) in [6.07, 6.45) is -1.45. The highest BCUT2D eigenvalue weighted by Gasteiger charge is 2.30. The van der Waals surface area contributed by atoms with E-state index in [1.807, 2.05) is 0 Å². The first kappa shape index (κ1) is 19.6. The monoisotopic (exact) mass is 337 g/mol. The van der Waals surface area contributed by atoms with E-state index in [-0.39, 0.29) is 12.5 Å². The second-order valence-corrected chi connectivity index (χ2v) is 5.67. The van der Waals surface area contributed by atoms with Crippen LogP contribution in [0.2, 0.25) is 0 Å². The van der Waals surface area contributed by atoms with Gasteiger partial charge in [-0.2, -0.15) is 0 Å². The van der Waals surface area contributed by atoms with Crippen LogP contribution in [-0.2, 0) is 14.4 Å². The first-order valence-corrected chi connectivity index (χ1v) is 7.54. The highest BCUT2D eigenvalue weighted by Crippen LogP contribution is 2.14. The number of nitrogens with one attached hydrogen (secondary N) is 2. The molecule has 132 valence electrons. The summed E-state index contributed by atoms with van der Waals surface area (Å²) in [7, 11) is 0. The largest absolute Gasteiger partial charge is 0.480 e. The van der Waals surface area contributed by atoms with Crippen LogP contribution >= 0.6 is 0 Å². The molecule has 0 saturated carbocycles. The number of hydrogen-bond acceptors (Lipinski definition) is 5. The summed E-state index contributed by atoms with van der Waals surface area (Å²) in [5.74, 6) is -3.00. The first-order chi connectivity index (χ1) is 11.3. The number of carboxylic acid groups (broad SMARTS) is 1. The number of aliphatic hydroxyl groups is 1. The molecule has 0 aliphatic heterocycles. The van der Waals surface area contributed by atoms with E-state index in [9.17, 15) is 24.6 Å². The van der Waals surface area contributed by atoms with Gasteiger partial charge in [-0.1, -0.05) is 44.2 Å². The van der Waals surface area contributed by atoms with Crippen molar-refractivity contribution in [2.24, 2.45) is 11.7 Å². The molecule has 0 aliphatic rings. The molecule has 6 N–H and O–H groups in total. The summed E-state index contributed by atoms with van der Waals surface area (Å²) >= 11 is 0. The number of benzene rings is 1. The molecule has 0 fully saturated rings. The highest BCUT2D eigenvalue weighted by atomic mass is 16.4. The molecule has 3 atom stereocenters. The van der Waals surface area contributed by atoms with Crippen LogP contribution in [0.15, 0.2) is 30.3 Å². The van der Waals surface area contributed by atoms with Crippen LogP contribution < -0.4 is 16.4 Å². The third-order valence-electron chi connectivity index (χ3n) is 3.44. The highest BCUT2D eigenvalue weighted by molar-refractivity contribution is 5.92. The van der Waals surface area contributed by atoms with Crippen LogP contribution in [0.25, 0.3) is 0 Å². The number of aliphatic carboxylic acids is 1. The van der Waals surface area contributed by atoms with Crippen molar-refractivity contribution in [3.63, 3.8) is 0 Å². The number of aliphatic hydroxyl groups excluding tert-OH is 1. The van der Waals surface area contributed by atoms with Gasteiger partial charge in [0.1, 0.15) is 18.2 Å². The van der Waals surface area contributed by atoms with Crippen molar-refractivity contribution in [2.75, 3.05) is 6.54 Å². The van der Waals surface area contributed by atoms with Gasteiger partial charge in [-0.05, 0) is 11.5 Å². The minimum Gasteiger partial charge on any atom is -0.480 e. The summed E-state index contributed by atoms with van der Waals surface area (Å²) in [5.41, 5.74) is 5.69. The summed E-state index contributed by atoms with van der Waals surface area (Å²) in [6, 6.07) is 6.09. The Labute approximate surface area is 140 Å². The van der Waals surface area contributed by atoms with Gasteiger partial charge in [0, 0.05) is 6.54 Å². The van der Waals surface area contributed by atoms with E-state index in [1.54, 1.807) is 44.2 Å². The van der Waals surface area contributed by atoms with Gasteiger partial charge >= 0.3 is 5.97 Å². The van der Waals surface area contributed by atoms with Gasteiger partial charge in [-0.25, -0.2) is 4.79 Å². The molecule has 8 heteroatoms. The van der Waals surface area contributed by atoms with Crippen molar-refractivity contribution in [1.29, 1.82) is 0 Å². The van der Waals surface area contributed by atoms with Gasteiger partial charge in [0.05, 0.1) is 0 Å². The van der Waals surface area contributed by atoms with Crippen LogP contribution in [0.4, 0.5) is 0 Å². The smallest absolute Gasteiger partial charge is 0.326 e. The lowest BCUT2D eigenvalue weighted by molar-refractivity contribution is -0.143. The molecular formula is C16H23N3O5. The minimum absolute atomic E-state index is 0.293. The van der Waals surface area contributed by atoms with Crippen LogP contribution in [0.3, 0.4) is 0 Å². The average molecular weight is 337 g/mol. The molecule has 1 aromatic rings. The van der Waals surface area contributed by atoms with E-state index in [0.29, 0.717) is 5.56 Å². The fourth-order valence-corrected chi connectivity index (χ4v) is 2.04. The fourth-order valence-electron chi connectivity index (χ4n) is 2.04. The van der Waals surface area contributed by atoms with E-state index in [1.165, 1.54) is 0 Å². The lowest BCUT2D eigenvalue weighted by atomic mass is 10.0. The molecule has 8 nitrogen and oxygen atoms in total. The van der Waals surface area contributed by atoms with Crippen molar-refractivity contribution in [1.82, 2.24) is 10.6 Å². The Balaban J connectivity index is 3.02. The Kier molecular flexibility index (Phi) is 7.34. The normalized spacial score (nSPS) is 14.5.